The van der Waals surface area contributed by atoms with Crippen molar-refractivity contribution in [2.24, 2.45) is 0 Å². The average Bonchev–Trinajstić information content (AvgIpc) is 2.17. The second-order valence-corrected chi connectivity index (χ2v) is 2.33. The molecule has 0 aliphatic heterocycles. The summed E-state index contributed by atoms with van der Waals surface area (Å²) in [5.41, 5.74) is 2.71. The largest absolute Gasteiger partial charge is 0.0775 e. The van der Waals surface area contributed by atoms with Crippen LogP contribution in [0.1, 0.15) is 20.3 Å². The minimum Gasteiger partial charge on any atom is -0.0775 e. The smallest absolute Gasteiger partial charge is 0.0294 e. The lowest BCUT2D eigenvalue weighted by molar-refractivity contribution is 1.21. The highest BCUT2D eigenvalue weighted by Crippen LogP contribution is 2.13. The summed E-state index contributed by atoms with van der Waals surface area (Å²) in [4.78, 5) is 0. The first-order chi connectivity index (χ1) is 4.33. The lowest BCUT2D eigenvalue weighted by Gasteiger charge is -1.84. The first kappa shape index (κ1) is 6.34. The van der Waals surface area contributed by atoms with Crippen molar-refractivity contribution >= 4 is 0 Å². The zero-order chi connectivity index (χ0) is 6.69. The summed E-state index contributed by atoms with van der Waals surface area (Å²) in [7, 11) is 0. The van der Waals surface area contributed by atoms with E-state index in [4.69, 9.17) is 0 Å². The van der Waals surface area contributed by atoms with Crippen molar-refractivity contribution in [3.63, 3.8) is 0 Å². The van der Waals surface area contributed by atoms with E-state index in [1.54, 1.807) is 0 Å². The first-order valence-corrected chi connectivity index (χ1v) is 3.39. The van der Waals surface area contributed by atoms with Gasteiger partial charge >= 0.3 is 0 Å². The van der Waals surface area contributed by atoms with Crippen LogP contribution >= 0.6 is 0 Å². The number of hydrogen-bond acceptors (Lipinski definition) is 0. The third-order valence-corrected chi connectivity index (χ3v) is 1.37. The van der Waals surface area contributed by atoms with E-state index in [0.717, 1.165) is 6.42 Å². The molecule has 0 saturated heterocycles. The van der Waals surface area contributed by atoms with Gasteiger partial charge in [0.15, 0.2) is 0 Å². The Kier molecular flexibility index (Phi) is 1.88. The van der Waals surface area contributed by atoms with Gasteiger partial charge in [-0.2, -0.15) is 0 Å². The van der Waals surface area contributed by atoms with Crippen LogP contribution in [0.25, 0.3) is 0 Å². The van der Waals surface area contributed by atoms with E-state index in [0.29, 0.717) is 0 Å². The van der Waals surface area contributed by atoms with Gasteiger partial charge in [-0.15, -0.1) is 0 Å². The molecule has 0 amide bonds. The van der Waals surface area contributed by atoms with E-state index >= 15 is 0 Å². The van der Waals surface area contributed by atoms with Gasteiger partial charge < -0.3 is 0 Å². The minimum absolute atomic E-state index is 1.13. The maximum Gasteiger partial charge on any atom is -0.0294 e. The summed E-state index contributed by atoms with van der Waals surface area (Å²) in [6, 6.07) is 0. The monoisotopic (exact) mass is 120 g/mol. The Balaban J connectivity index is 2.69. The molecule has 0 heterocycles. The van der Waals surface area contributed by atoms with Crippen LogP contribution in [0, 0.1) is 0 Å². The summed E-state index contributed by atoms with van der Waals surface area (Å²) in [5, 5.41) is 0. The molecule has 1 aliphatic rings. The zero-order valence-electron chi connectivity index (χ0n) is 6.02. The molecule has 0 N–H and O–H groups in total. The van der Waals surface area contributed by atoms with Gasteiger partial charge in [-0.1, -0.05) is 36.8 Å². The molecule has 1 rings (SSSR count). The molecule has 0 aromatic rings. The lowest BCUT2D eigenvalue weighted by Crippen LogP contribution is -1.64. The molecular weight excluding hydrogens is 108 g/mol. The summed E-state index contributed by atoms with van der Waals surface area (Å²) >= 11 is 0. The van der Waals surface area contributed by atoms with Crippen molar-refractivity contribution in [2.45, 2.75) is 20.3 Å². The van der Waals surface area contributed by atoms with Crippen molar-refractivity contribution < 1.29 is 0 Å². The number of allylic oxidation sites excluding steroid dienone is 6. The van der Waals surface area contributed by atoms with Gasteiger partial charge in [0.05, 0.1) is 0 Å². The third-order valence-electron chi connectivity index (χ3n) is 1.37. The van der Waals surface area contributed by atoms with Crippen LogP contribution in [0.15, 0.2) is 35.5 Å². The van der Waals surface area contributed by atoms with E-state index in [2.05, 4.69) is 38.2 Å². The second kappa shape index (κ2) is 2.67. The standard InChI is InChI=1S/C9H12/c1-3-4-9-6-5-8(2)7-9/h4-7H,3H2,1-2H3/b9-4-. The molecule has 0 radical (unpaired) electrons. The Hall–Kier alpha value is -0.780. The fourth-order valence-corrected chi connectivity index (χ4v) is 0.949. The first-order valence-electron chi connectivity index (χ1n) is 3.39. The Morgan fingerprint density at radius 1 is 1.44 bits per heavy atom. The highest BCUT2D eigenvalue weighted by atomic mass is 14.0. The predicted molar refractivity (Wildman–Crippen MR) is 41.3 cm³/mol. The maximum atomic E-state index is 2.23. The Bertz CT molecular complexity index is 180. The normalized spacial score (nSPS) is 21.1. The molecule has 48 valence electrons. The number of rotatable bonds is 1. The minimum atomic E-state index is 1.13. The van der Waals surface area contributed by atoms with Crippen LogP contribution in [0.5, 0.6) is 0 Å². The van der Waals surface area contributed by atoms with Crippen LogP contribution in [0.2, 0.25) is 0 Å². The predicted octanol–water partition coefficient (Wildman–Crippen LogP) is 2.84. The Morgan fingerprint density at radius 3 is 2.67 bits per heavy atom. The highest BCUT2D eigenvalue weighted by Gasteiger charge is 1.93. The average molecular weight is 120 g/mol. The molecule has 0 aromatic carbocycles. The van der Waals surface area contributed by atoms with Crippen molar-refractivity contribution in [1.29, 1.82) is 0 Å². The Morgan fingerprint density at radius 2 is 2.22 bits per heavy atom. The van der Waals surface area contributed by atoms with Gasteiger partial charge in [-0.3, -0.25) is 0 Å². The lowest BCUT2D eigenvalue weighted by atomic mass is 10.2. The molecule has 1 aliphatic carbocycles. The molecule has 0 atom stereocenters. The molecule has 0 spiro atoms. The fourth-order valence-electron chi connectivity index (χ4n) is 0.949. The second-order valence-electron chi connectivity index (χ2n) is 2.33. The van der Waals surface area contributed by atoms with Crippen molar-refractivity contribution in [1.82, 2.24) is 0 Å². The molecule has 0 nitrogen and oxygen atoms in total. The van der Waals surface area contributed by atoms with Crippen molar-refractivity contribution in [3.05, 3.63) is 35.5 Å². The summed E-state index contributed by atoms with van der Waals surface area (Å²) in [5.74, 6) is 0. The van der Waals surface area contributed by atoms with Crippen LogP contribution in [-0.2, 0) is 0 Å². The van der Waals surface area contributed by atoms with Crippen LogP contribution in [0.3, 0.4) is 0 Å². The Labute approximate surface area is 56.6 Å². The summed E-state index contributed by atoms with van der Waals surface area (Å²) < 4.78 is 0. The van der Waals surface area contributed by atoms with Gasteiger partial charge in [-0.05, 0) is 18.9 Å². The highest BCUT2D eigenvalue weighted by molar-refractivity contribution is 5.44. The fraction of sp³-hybridized carbons (Fsp3) is 0.333. The molecule has 0 heteroatoms. The van der Waals surface area contributed by atoms with E-state index in [1.165, 1.54) is 11.1 Å². The summed E-state index contributed by atoms with van der Waals surface area (Å²) in [6.45, 7) is 4.27. The SMILES string of the molecule is CC/C=C1/C=CC(C)=C1. The molecule has 0 unspecified atom stereocenters. The van der Waals surface area contributed by atoms with Crippen molar-refractivity contribution in [2.75, 3.05) is 0 Å². The van der Waals surface area contributed by atoms with E-state index in [-0.39, 0.29) is 0 Å². The van der Waals surface area contributed by atoms with Gasteiger partial charge in [0.1, 0.15) is 0 Å². The van der Waals surface area contributed by atoms with Crippen LogP contribution in [0.4, 0.5) is 0 Å². The van der Waals surface area contributed by atoms with E-state index in [9.17, 15) is 0 Å². The van der Waals surface area contributed by atoms with Gasteiger partial charge in [-0.25, -0.2) is 0 Å². The molecule has 0 bridgehead atoms. The molecule has 0 aromatic heterocycles. The molecule has 0 saturated carbocycles. The van der Waals surface area contributed by atoms with Crippen molar-refractivity contribution in [3.8, 4) is 0 Å². The molecule has 0 fully saturated rings. The van der Waals surface area contributed by atoms with Gasteiger partial charge in [0, 0.05) is 0 Å². The summed E-state index contributed by atoms with van der Waals surface area (Å²) in [6.07, 6.45) is 9.85. The van der Waals surface area contributed by atoms with E-state index in [1.807, 2.05) is 0 Å². The third kappa shape index (κ3) is 1.56. The number of hydrogen-bond donors (Lipinski definition) is 0. The van der Waals surface area contributed by atoms with E-state index < -0.39 is 0 Å². The van der Waals surface area contributed by atoms with Crippen LogP contribution in [-0.4, -0.2) is 0 Å². The molecule has 9 heavy (non-hydrogen) atoms. The topological polar surface area (TPSA) is 0 Å². The van der Waals surface area contributed by atoms with Gasteiger partial charge in [0.25, 0.3) is 0 Å². The molecular formula is C9H12. The quantitative estimate of drug-likeness (QED) is 0.499. The maximum absolute atomic E-state index is 2.23. The van der Waals surface area contributed by atoms with Crippen LogP contribution < -0.4 is 0 Å². The van der Waals surface area contributed by atoms with Gasteiger partial charge in [0.2, 0.25) is 0 Å². The zero-order valence-corrected chi connectivity index (χ0v) is 6.02.